The van der Waals surface area contributed by atoms with Crippen LogP contribution in [0.15, 0.2) is 30.9 Å². The number of nitrogens with one attached hydrogen (secondary N) is 1. The molecule has 2 aromatic rings. The summed E-state index contributed by atoms with van der Waals surface area (Å²) in [5, 5.41) is 0. The average Bonchev–Trinajstić information content (AvgIpc) is 2.77. The van der Waals surface area contributed by atoms with Crippen molar-refractivity contribution in [2.45, 2.75) is 6.04 Å². The van der Waals surface area contributed by atoms with Crippen LogP contribution in [-0.2, 0) is 7.05 Å². The summed E-state index contributed by atoms with van der Waals surface area (Å²) in [6.45, 7) is 0. The fourth-order valence-electron chi connectivity index (χ4n) is 1.68. The van der Waals surface area contributed by atoms with Crippen LogP contribution in [0.5, 0.6) is 5.75 Å². The molecule has 0 saturated carbocycles. The lowest BCUT2D eigenvalue weighted by atomic mass is 10.1. The highest BCUT2D eigenvalue weighted by molar-refractivity contribution is 5.29. The van der Waals surface area contributed by atoms with Gasteiger partial charge in [0, 0.05) is 25.6 Å². The van der Waals surface area contributed by atoms with Gasteiger partial charge in [-0.05, 0) is 11.6 Å². The highest BCUT2D eigenvalue weighted by Crippen LogP contribution is 2.21. The van der Waals surface area contributed by atoms with Crippen LogP contribution in [0.4, 0.5) is 0 Å². The van der Waals surface area contributed by atoms with E-state index in [1.807, 2.05) is 23.9 Å². The van der Waals surface area contributed by atoms with Gasteiger partial charge in [-0.3, -0.25) is 10.8 Å². The number of hydrazine groups is 1. The predicted molar refractivity (Wildman–Crippen MR) is 63.2 cm³/mol. The third kappa shape index (κ3) is 2.27. The van der Waals surface area contributed by atoms with E-state index >= 15 is 0 Å². The minimum absolute atomic E-state index is 0.211. The number of rotatable bonds is 4. The number of hydrogen-bond acceptors (Lipinski definition) is 5. The smallest absolute Gasteiger partial charge is 0.137 e. The van der Waals surface area contributed by atoms with Crippen LogP contribution >= 0.6 is 0 Å². The van der Waals surface area contributed by atoms with Crippen LogP contribution in [0.2, 0.25) is 0 Å². The van der Waals surface area contributed by atoms with E-state index in [-0.39, 0.29) is 6.04 Å². The van der Waals surface area contributed by atoms with Crippen LogP contribution in [0.25, 0.3) is 0 Å². The van der Waals surface area contributed by atoms with Crippen molar-refractivity contribution < 1.29 is 4.74 Å². The number of pyridine rings is 1. The van der Waals surface area contributed by atoms with Crippen molar-refractivity contribution in [3.63, 3.8) is 0 Å². The highest BCUT2D eigenvalue weighted by atomic mass is 16.5. The molecule has 6 nitrogen and oxygen atoms in total. The average molecular weight is 233 g/mol. The molecular formula is C11H15N5O. The molecule has 17 heavy (non-hydrogen) atoms. The number of hydrogen-bond donors (Lipinski definition) is 2. The molecule has 2 rings (SSSR count). The van der Waals surface area contributed by atoms with E-state index in [4.69, 9.17) is 10.6 Å². The van der Waals surface area contributed by atoms with Gasteiger partial charge in [0.15, 0.2) is 0 Å². The van der Waals surface area contributed by atoms with Gasteiger partial charge >= 0.3 is 0 Å². The Hall–Kier alpha value is -1.92. The van der Waals surface area contributed by atoms with Gasteiger partial charge in [-0.15, -0.1) is 0 Å². The van der Waals surface area contributed by atoms with E-state index in [9.17, 15) is 0 Å². The van der Waals surface area contributed by atoms with Gasteiger partial charge in [-0.2, -0.15) is 0 Å². The molecule has 0 saturated heterocycles. The monoisotopic (exact) mass is 233 g/mol. The SMILES string of the molecule is COc1cncc(C(NN)c2nccn2C)c1. The number of aryl methyl sites for hydroxylation is 1. The van der Waals surface area contributed by atoms with Gasteiger partial charge in [-0.1, -0.05) is 0 Å². The first-order valence-electron chi connectivity index (χ1n) is 5.18. The van der Waals surface area contributed by atoms with Crippen LogP contribution in [0.3, 0.4) is 0 Å². The molecule has 3 N–H and O–H groups in total. The minimum Gasteiger partial charge on any atom is -0.495 e. The molecule has 2 aromatic heterocycles. The molecule has 1 unspecified atom stereocenters. The van der Waals surface area contributed by atoms with E-state index in [2.05, 4.69) is 15.4 Å². The second kappa shape index (κ2) is 4.94. The van der Waals surface area contributed by atoms with Crippen LogP contribution in [0.1, 0.15) is 17.4 Å². The van der Waals surface area contributed by atoms with E-state index < -0.39 is 0 Å². The maximum absolute atomic E-state index is 5.58. The zero-order valence-corrected chi connectivity index (χ0v) is 9.79. The topological polar surface area (TPSA) is 78.0 Å². The van der Waals surface area contributed by atoms with E-state index in [0.717, 1.165) is 11.4 Å². The summed E-state index contributed by atoms with van der Waals surface area (Å²) >= 11 is 0. The molecule has 0 aliphatic heterocycles. The zero-order chi connectivity index (χ0) is 12.3. The summed E-state index contributed by atoms with van der Waals surface area (Å²) in [7, 11) is 3.52. The number of nitrogens with zero attached hydrogens (tertiary/aromatic N) is 3. The Morgan fingerprint density at radius 2 is 2.29 bits per heavy atom. The molecule has 1 atom stereocenters. The molecule has 90 valence electrons. The summed E-state index contributed by atoms with van der Waals surface area (Å²) < 4.78 is 7.05. The van der Waals surface area contributed by atoms with Crippen molar-refractivity contribution in [1.29, 1.82) is 0 Å². The number of nitrogens with two attached hydrogens (primary N) is 1. The van der Waals surface area contributed by atoms with E-state index in [0.29, 0.717) is 5.75 Å². The molecule has 0 aliphatic rings. The van der Waals surface area contributed by atoms with E-state index in [1.165, 1.54) is 0 Å². The molecule has 0 bridgehead atoms. The van der Waals surface area contributed by atoms with Gasteiger partial charge in [0.05, 0.1) is 13.3 Å². The van der Waals surface area contributed by atoms with Gasteiger partial charge in [0.1, 0.15) is 17.6 Å². The Balaban J connectivity index is 2.38. The molecule has 0 radical (unpaired) electrons. The quantitative estimate of drug-likeness (QED) is 0.589. The lowest BCUT2D eigenvalue weighted by Crippen LogP contribution is -2.30. The summed E-state index contributed by atoms with van der Waals surface area (Å²) in [6.07, 6.45) is 6.98. The van der Waals surface area contributed by atoms with Crippen LogP contribution in [0, 0.1) is 0 Å². The number of aromatic nitrogens is 3. The van der Waals surface area contributed by atoms with Gasteiger partial charge in [-0.25, -0.2) is 10.4 Å². The zero-order valence-electron chi connectivity index (χ0n) is 9.79. The largest absolute Gasteiger partial charge is 0.495 e. The fourth-order valence-corrected chi connectivity index (χ4v) is 1.68. The predicted octanol–water partition coefficient (Wildman–Crippen LogP) is 0.376. The third-order valence-electron chi connectivity index (χ3n) is 2.59. The summed E-state index contributed by atoms with van der Waals surface area (Å²) in [5.74, 6) is 7.10. The first-order valence-corrected chi connectivity index (χ1v) is 5.18. The maximum Gasteiger partial charge on any atom is 0.137 e. The molecule has 0 aromatic carbocycles. The maximum atomic E-state index is 5.58. The Bertz CT molecular complexity index is 496. The van der Waals surface area contributed by atoms with E-state index in [1.54, 1.807) is 25.7 Å². The third-order valence-corrected chi connectivity index (χ3v) is 2.59. The number of methoxy groups -OCH3 is 1. The second-order valence-corrected chi connectivity index (χ2v) is 3.65. The lowest BCUT2D eigenvalue weighted by molar-refractivity contribution is 0.411. The van der Waals surface area contributed by atoms with Crippen molar-refractivity contribution in [2.24, 2.45) is 12.9 Å². The van der Waals surface area contributed by atoms with Crippen molar-refractivity contribution in [1.82, 2.24) is 20.0 Å². The van der Waals surface area contributed by atoms with Gasteiger partial charge < -0.3 is 9.30 Å². The Morgan fingerprint density at radius 3 is 2.88 bits per heavy atom. The Kier molecular flexibility index (Phi) is 3.36. The number of ether oxygens (including phenoxy) is 1. The van der Waals surface area contributed by atoms with Gasteiger partial charge in [0.25, 0.3) is 0 Å². The standard InChI is InChI=1S/C11H15N5O/c1-16-4-3-14-11(16)10(15-12)8-5-9(17-2)7-13-6-8/h3-7,10,15H,12H2,1-2H3. The Morgan fingerprint density at radius 1 is 1.47 bits per heavy atom. The summed E-state index contributed by atoms with van der Waals surface area (Å²) in [6, 6.07) is 1.67. The second-order valence-electron chi connectivity index (χ2n) is 3.65. The van der Waals surface area contributed by atoms with Crippen molar-refractivity contribution in [3.8, 4) is 5.75 Å². The minimum atomic E-state index is -0.211. The molecule has 0 amide bonds. The first-order chi connectivity index (χ1) is 8.26. The highest BCUT2D eigenvalue weighted by Gasteiger charge is 2.17. The molecule has 6 heteroatoms. The Labute approximate surface area is 99.4 Å². The van der Waals surface area contributed by atoms with Crippen LogP contribution in [-0.4, -0.2) is 21.6 Å². The van der Waals surface area contributed by atoms with Crippen molar-refractivity contribution in [3.05, 3.63) is 42.2 Å². The number of imidazole rings is 1. The lowest BCUT2D eigenvalue weighted by Gasteiger charge is -2.16. The summed E-state index contributed by atoms with van der Waals surface area (Å²) in [5.41, 5.74) is 3.64. The summed E-state index contributed by atoms with van der Waals surface area (Å²) in [4.78, 5) is 8.38. The molecule has 0 spiro atoms. The normalized spacial score (nSPS) is 12.4. The first kappa shape index (κ1) is 11.6. The van der Waals surface area contributed by atoms with Crippen molar-refractivity contribution in [2.75, 3.05) is 7.11 Å². The molecule has 0 fully saturated rings. The van der Waals surface area contributed by atoms with Gasteiger partial charge in [0.2, 0.25) is 0 Å². The van der Waals surface area contributed by atoms with Crippen molar-refractivity contribution >= 4 is 0 Å². The fraction of sp³-hybridized carbons (Fsp3) is 0.273. The molecule has 2 heterocycles. The molecular weight excluding hydrogens is 218 g/mol. The molecule has 0 aliphatic carbocycles. The van der Waals surface area contributed by atoms with Crippen LogP contribution < -0.4 is 16.0 Å².